The lowest BCUT2D eigenvalue weighted by molar-refractivity contribution is 0.0735. The number of nitrogens with zero attached hydrogens (tertiary/aromatic N) is 3. The van der Waals surface area contributed by atoms with Gasteiger partial charge < -0.3 is 20.0 Å². The lowest BCUT2D eigenvalue weighted by Crippen LogP contribution is -2.47. The smallest absolute Gasteiger partial charge is 0.254 e. The summed E-state index contributed by atoms with van der Waals surface area (Å²) in [6.45, 7) is 9.71. The highest BCUT2D eigenvalue weighted by atomic mass is 35.5. The standard InChI is InChI=1S/C17H25FN4O.ClH/c1-2-20-9-11-21(12-10-20)16-4-3-14(13-15(16)18)17(23)22-7-5-19-6-8-22;/h3-4,13,19H,2,5-12H2,1H3;1H. The number of carbonyl (C=O) groups excluding carboxylic acids is 1. The van der Waals surface area contributed by atoms with Crippen molar-refractivity contribution < 1.29 is 9.18 Å². The van der Waals surface area contributed by atoms with E-state index in [9.17, 15) is 9.18 Å². The van der Waals surface area contributed by atoms with Crippen LogP contribution in [0.5, 0.6) is 0 Å². The number of rotatable bonds is 3. The molecular formula is C17H26ClFN4O. The fourth-order valence-electron chi connectivity index (χ4n) is 3.25. The van der Waals surface area contributed by atoms with Crippen LogP contribution in [0, 0.1) is 5.82 Å². The molecule has 0 saturated carbocycles. The molecule has 2 heterocycles. The first-order chi connectivity index (χ1) is 11.2. The molecule has 1 aromatic rings. The van der Waals surface area contributed by atoms with Crippen molar-refractivity contribution in [1.82, 2.24) is 15.1 Å². The molecule has 2 aliphatic heterocycles. The Kier molecular flexibility index (Phi) is 6.83. The minimum atomic E-state index is -0.295. The second-order valence-corrected chi connectivity index (χ2v) is 6.13. The molecule has 0 radical (unpaired) electrons. The minimum Gasteiger partial charge on any atom is -0.367 e. The highest BCUT2D eigenvalue weighted by Gasteiger charge is 2.22. The lowest BCUT2D eigenvalue weighted by atomic mass is 10.1. The van der Waals surface area contributed by atoms with Crippen LogP contribution in [-0.4, -0.2) is 74.6 Å². The number of benzene rings is 1. The third-order valence-electron chi connectivity index (χ3n) is 4.76. The summed E-state index contributed by atoms with van der Waals surface area (Å²) in [5.74, 6) is -0.372. The SMILES string of the molecule is CCN1CCN(c2ccc(C(=O)N3CCNCC3)cc2F)CC1.Cl. The quantitative estimate of drug-likeness (QED) is 0.889. The topological polar surface area (TPSA) is 38.8 Å². The Morgan fingerprint density at radius 1 is 1.12 bits per heavy atom. The number of likely N-dealkylation sites (N-methyl/N-ethyl adjacent to an activating group) is 1. The van der Waals surface area contributed by atoms with Crippen LogP contribution in [0.2, 0.25) is 0 Å². The highest BCUT2D eigenvalue weighted by Crippen LogP contribution is 2.22. The maximum atomic E-state index is 14.5. The van der Waals surface area contributed by atoms with E-state index in [4.69, 9.17) is 0 Å². The molecule has 1 aromatic carbocycles. The van der Waals surface area contributed by atoms with E-state index in [1.165, 1.54) is 6.07 Å². The Labute approximate surface area is 149 Å². The fourth-order valence-corrected chi connectivity index (χ4v) is 3.25. The summed E-state index contributed by atoms with van der Waals surface area (Å²) < 4.78 is 14.5. The zero-order chi connectivity index (χ0) is 16.2. The Bertz CT molecular complexity index is 558. The zero-order valence-electron chi connectivity index (χ0n) is 14.1. The molecule has 0 atom stereocenters. The van der Waals surface area contributed by atoms with E-state index in [0.717, 1.165) is 45.8 Å². The molecule has 2 aliphatic rings. The van der Waals surface area contributed by atoms with Gasteiger partial charge in [0.1, 0.15) is 5.82 Å². The predicted molar refractivity (Wildman–Crippen MR) is 96.7 cm³/mol. The highest BCUT2D eigenvalue weighted by molar-refractivity contribution is 5.94. The van der Waals surface area contributed by atoms with Crippen LogP contribution in [0.25, 0.3) is 0 Å². The van der Waals surface area contributed by atoms with Gasteiger partial charge in [0.05, 0.1) is 5.69 Å². The van der Waals surface area contributed by atoms with Gasteiger partial charge in [0, 0.05) is 57.9 Å². The maximum Gasteiger partial charge on any atom is 0.254 e. The molecule has 0 unspecified atom stereocenters. The number of amides is 1. The molecule has 0 aliphatic carbocycles. The molecule has 24 heavy (non-hydrogen) atoms. The van der Waals surface area contributed by atoms with Crippen molar-refractivity contribution in [3.63, 3.8) is 0 Å². The summed E-state index contributed by atoms with van der Waals surface area (Å²) in [5.41, 5.74) is 1.05. The molecule has 0 spiro atoms. The molecule has 2 fully saturated rings. The first-order valence-electron chi connectivity index (χ1n) is 8.46. The first-order valence-corrected chi connectivity index (χ1v) is 8.46. The largest absolute Gasteiger partial charge is 0.367 e. The molecule has 7 heteroatoms. The van der Waals surface area contributed by atoms with Crippen molar-refractivity contribution in [3.8, 4) is 0 Å². The van der Waals surface area contributed by atoms with Crippen LogP contribution in [0.15, 0.2) is 18.2 Å². The first kappa shape index (κ1) is 19.0. The molecular weight excluding hydrogens is 331 g/mol. The number of piperazine rings is 2. The van der Waals surface area contributed by atoms with Gasteiger partial charge in [-0.15, -0.1) is 12.4 Å². The van der Waals surface area contributed by atoms with E-state index in [2.05, 4.69) is 22.0 Å². The number of halogens is 2. The molecule has 3 rings (SSSR count). The summed E-state index contributed by atoms with van der Waals surface area (Å²) in [7, 11) is 0. The van der Waals surface area contributed by atoms with Crippen LogP contribution >= 0.6 is 12.4 Å². The van der Waals surface area contributed by atoms with Crippen LogP contribution in [0.4, 0.5) is 10.1 Å². The Morgan fingerprint density at radius 2 is 1.79 bits per heavy atom. The van der Waals surface area contributed by atoms with Crippen LogP contribution < -0.4 is 10.2 Å². The summed E-state index contributed by atoms with van der Waals surface area (Å²) in [6.07, 6.45) is 0. The van der Waals surface area contributed by atoms with Gasteiger partial charge in [-0.2, -0.15) is 0 Å². The average Bonchev–Trinajstić information content (AvgIpc) is 2.62. The second-order valence-electron chi connectivity index (χ2n) is 6.13. The van der Waals surface area contributed by atoms with Crippen molar-refractivity contribution in [2.24, 2.45) is 0 Å². The normalized spacial score (nSPS) is 19.1. The molecule has 2 saturated heterocycles. The van der Waals surface area contributed by atoms with E-state index in [1.54, 1.807) is 17.0 Å². The number of hydrogen-bond acceptors (Lipinski definition) is 4. The minimum absolute atomic E-state index is 0. The monoisotopic (exact) mass is 356 g/mol. The molecule has 5 nitrogen and oxygen atoms in total. The summed E-state index contributed by atoms with van der Waals surface area (Å²) >= 11 is 0. The van der Waals surface area contributed by atoms with Crippen LogP contribution in [0.1, 0.15) is 17.3 Å². The van der Waals surface area contributed by atoms with E-state index in [-0.39, 0.29) is 24.1 Å². The Balaban J connectivity index is 0.00000208. The number of carbonyl (C=O) groups is 1. The maximum absolute atomic E-state index is 14.5. The second kappa shape index (κ2) is 8.65. The average molecular weight is 357 g/mol. The molecule has 1 amide bonds. The lowest BCUT2D eigenvalue weighted by Gasteiger charge is -2.35. The van der Waals surface area contributed by atoms with E-state index < -0.39 is 0 Å². The van der Waals surface area contributed by atoms with Gasteiger partial charge in [-0.1, -0.05) is 6.92 Å². The summed E-state index contributed by atoms with van der Waals surface area (Å²) in [4.78, 5) is 18.6. The van der Waals surface area contributed by atoms with Gasteiger partial charge in [-0.3, -0.25) is 4.79 Å². The van der Waals surface area contributed by atoms with Gasteiger partial charge in [0.25, 0.3) is 5.91 Å². The number of anilines is 1. The predicted octanol–water partition coefficient (Wildman–Crippen LogP) is 1.43. The van der Waals surface area contributed by atoms with Gasteiger partial charge in [0.2, 0.25) is 0 Å². The van der Waals surface area contributed by atoms with Crippen molar-refractivity contribution in [1.29, 1.82) is 0 Å². The van der Waals surface area contributed by atoms with E-state index in [1.807, 2.05) is 0 Å². The van der Waals surface area contributed by atoms with Gasteiger partial charge in [0.15, 0.2) is 0 Å². The zero-order valence-corrected chi connectivity index (χ0v) is 14.9. The van der Waals surface area contributed by atoms with Crippen LogP contribution in [-0.2, 0) is 0 Å². The van der Waals surface area contributed by atoms with Crippen molar-refractivity contribution in [2.75, 3.05) is 63.8 Å². The van der Waals surface area contributed by atoms with Gasteiger partial charge >= 0.3 is 0 Å². The molecule has 0 aromatic heterocycles. The molecule has 0 bridgehead atoms. The van der Waals surface area contributed by atoms with Crippen molar-refractivity contribution in [2.45, 2.75) is 6.92 Å². The third-order valence-corrected chi connectivity index (χ3v) is 4.76. The Hall–Kier alpha value is -1.37. The van der Waals surface area contributed by atoms with Gasteiger partial charge in [-0.25, -0.2) is 4.39 Å². The number of nitrogens with one attached hydrogen (secondary N) is 1. The molecule has 134 valence electrons. The van der Waals surface area contributed by atoms with Crippen molar-refractivity contribution in [3.05, 3.63) is 29.6 Å². The Morgan fingerprint density at radius 3 is 2.38 bits per heavy atom. The number of hydrogen-bond donors (Lipinski definition) is 1. The van der Waals surface area contributed by atoms with E-state index in [0.29, 0.717) is 24.3 Å². The third kappa shape index (κ3) is 4.18. The fraction of sp³-hybridized carbons (Fsp3) is 0.588. The van der Waals surface area contributed by atoms with Gasteiger partial charge in [-0.05, 0) is 24.7 Å². The van der Waals surface area contributed by atoms with E-state index >= 15 is 0 Å². The summed E-state index contributed by atoms with van der Waals surface area (Å²) in [6, 6.07) is 4.91. The van der Waals surface area contributed by atoms with Crippen LogP contribution in [0.3, 0.4) is 0 Å². The molecule has 1 N–H and O–H groups in total. The van der Waals surface area contributed by atoms with Crippen molar-refractivity contribution >= 4 is 24.0 Å². The summed E-state index contributed by atoms with van der Waals surface area (Å²) in [5, 5.41) is 3.21.